The van der Waals surface area contributed by atoms with Gasteiger partial charge < -0.3 is 14.2 Å². The molecule has 0 saturated carbocycles. The Morgan fingerprint density at radius 3 is 0.930 bits per heavy atom. The van der Waals surface area contributed by atoms with Crippen LogP contribution in [0.3, 0.4) is 0 Å². The fourth-order valence-corrected chi connectivity index (χ4v) is 8.63. The molecule has 0 aromatic carbocycles. The van der Waals surface area contributed by atoms with Gasteiger partial charge in [0.2, 0.25) is 0 Å². The molecule has 0 aliphatic rings. The van der Waals surface area contributed by atoms with E-state index >= 15 is 0 Å². The SMILES string of the molecule is CC/C=C\C/C=C\C/C=C\C/C=C\C/C=C\CCCCCC(=O)OC(COC(=O)CCCCCCC/C=C\CCCC)COC(=O)CCCCCCCCCCCCCCCCCCCCCCCCC. The van der Waals surface area contributed by atoms with Gasteiger partial charge in [-0.1, -0.05) is 273 Å². The maximum absolute atomic E-state index is 12.9. The summed E-state index contributed by atoms with van der Waals surface area (Å²) in [5.41, 5.74) is 0. The zero-order chi connectivity index (χ0) is 51.4. The first-order chi connectivity index (χ1) is 35.0. The number of esters is 3. The number of hydrogen-bond donors (Lipinski definition) is 0. The zero-order valence-corrected chi connectivity index (χ0v) is 47.0. The molecule has 0 bridgehead atoms. The first kappa shape index (κ1) is 67.8. The van der Waals surface area contributed by atoms with Crippen LogP contribution in [0.5, 0.6) is 0 Å². The molecule has 6 nitrogen and oxygen atoms in total. The van der Waals surface area contributed by atoms with Gasteiger partial charge in [0.1, 0.15) is 13.2 Å². The van der Waals surface area contributed by atoms with E-state index in [4.69, 9.17) is 14.2 Å². The van der Waals surface area contributed by atoms with Crippen molar-refractivity contribution in [2.45, 2.75) is 309 Å². The van der Waals surface area contributed by atoms with Gasteiger partial charge in [-0.05, 0) is 83.5 Å². The second-order valence-corrected chi connectivity index (χ2v) is 20.2. The molecule has 410 valence electrons. The number of unbranched alkanes of at least 4 members (excludes halogenated alkanes) is 32. The molecule has 1 atom stereocenters. The fourth-order valence-electron chi connectivity index (χ4n) is 8.63. The standard InChI is InChI=1S/C65H114O6/c1-4-7-10-13-16-19-22-24-26-28-30-31-32-33-35-36-38-40-43-46-49-52-55-58-64(67)70-61-62(60-69-63(66)57-54-51-48-45-42-21-18-15-12-9-6-3)71-65(68)59-56-53-50-47-44-41-39-37-34-29-27-25-23-20-17-14-11-8-5-2/h8,11,15,17-18,20,25,27,34,37,41,44,62H,4-7,9-10,12-14,16,19,21-24,26,28-33,35-36,38-40,42-43,45-61H2,1-3H3/b11-8-,18-15-,20-17-,27-25-,37-34-,44-41-. The smallest absolute Gasteiger partial charge is 0.306 e. The lowest BCUT2D eigenvalue weighted by Crippen LogP contribution is -2.30. The van der Waals surface area contributed by atoms with Crippen LogP contribution in [0.2, 0.25) is 0 Å². The maximum atomic E-state index is 12.9. The van der Waals surface area contributed by atoms with Gasteiger partial charge in [-0.2, -0.15) is 0 Å². The minimum absolute atomic E-state index is 0.0891. The first-order valence-electron chi connectivity index (χ1n) is 30.4. The summed E-state index contributed by atoms with van der Waals surface area (Å²) in [6.45, 7) is 6.49. The largest absolute Gasteiger partial charge is 0.462 e. The van der Waals surface area contributed by atoms with Gasteiger partial charge in [0.15, 0.2) is 6.10 Å². The third-order valence-corrected chi connectivity index (χ3v) is 13.2. The van der Waals surface area contributed by atoms with E-state index in [0.29, 0.717) is 12.8 Å². The van der Waals surface area contributed by atoms with Gasteiger partial charge in [0.05, 0.1) is 0 Å². The first-order valence-corrected chi connectivity index (χ1v) is 30.4. The van der Waals surface area contributed by atoms with Crippen molar-refractivity contribution < 1.29 is 28.6 Å². The Kier molecular flexibility index (Phi) is 56.8. The molecule has 0 aromatic heterocycles. The molecular formula is C65H114O6. The molecule has 0 N–H and O–H groups in total. The summed E-state index contributed by atoms with van der Waals surface area (Å²) in [5.74, 6) is -0.921. The zero-order valence-electron chi connectivity index (χ0n) is 47.0. The van der Waals surface area contributed by atoms with Crippen LogP contribution in [0.15, 0.2) is 72.9 Å². The number of allylic oxidation sites excluding steroid dienone is 12. The highest BCUT2D eigenvalue weighted by Gasteiger charge is 2.19. The van der Waals surface area contributed by atoms with Crippen LogP contribution in [-0.4, -0.2) is 37.2 Å². The highest BCUT2D eigenvalue weighted by molar-refractivity contribution is 5.71. The summed E-state index contributed by atoms with van der Waals surface area (Å²) in [5, 5.41) is 0. The topological polar surface area (TPSA) is 78.9 Å². The maximum Gasteiger partial charge on any atom is 0.306 e. The van der Waals surface area contributed by atoms with Crippen LogP contribution in [0.1, 0.15) is 303 Å². The second kappa shape index (κ2) is 59.4. The van der Waals surface area contributed by atoms with Gasteiger partial charge in [0.25, 0.3) is 0 Å². The third-order valence-electron chi connectivity index (χ3n) is 13.2. The molecule has 71 heavy (non-hydrogen) atoms. The molecule has 0 spiro atoms. The van der Waals surface area contributed by atoms with E-state index in [1.54, 1.807) is 0 Å². The van der Waals surface area contributed by atoms with Crippen molar-refractivity contribution >= 4 is 17.9 Å². The van der Waals surface area contributed by atoms with E-state index in [-0.39, 0.29) is 37.5 Å². The number of ether oxygens (including phenoxy) is 3. The molecule has 0 heterocycles. The fraction of sp³-hybridized carbons (Fsp3) is 0.769. The lowest BCUT2D eigenvalue weighted by molar-refractivity contribution is -0.167. The summed E-state index contributed by atoms with van der Waals surface area (Å²) in [6.07, 6.45) is 76.3. The molecule has 0 aliphatic heterocycles. The van der Waals surface area contributed by atoms with Crippen LogP contribution in [0, 0.1) is 0 Å². The minimum atomic E-state index is -0.795. The van der Waals surface area contributed by atoms with Crippen LogP contribution >= 0.6 is 0 Å². The molecule has 0 amide bonds. The molecule has 6 heteroatoms. The average molecular weight is 992 g/mol. The van der Waals surface area contributed by atoms with Crippen LogP contribution in [0.4, 0.5) is 0 Å². The highest BCUT2D eigenvalue weighted by Crippen LogP contribution is 2.17. The van der Waals surface area contributed by atoms with E-state index in [2.05, 4.69) is 93.7 Å². The summed E-state index contributed by atoms with van der Waals surface area (Å²) >= 11 is 0. The Bertz CT molecular complexity index is 1320. The predicted octanol–water partition coefficient (Wildman–Crippen LogP) is 20.5. The van der Waals surface area contributed by atoms with Gasteiger partial charge in [0, 0.05) is 19.3 Å². The van der Waals surface area contributed by atoms with Crippen molar-refractivity contribution in [1.82, 2.24) is 0 Å². The number of rotatable bonds is 55. The lowest BCUT2D eigenvalue weighted by atomic mass is 10.0. The van der Waals surface area contributed by atoms with E-state index in [9.17, 15) is 14.4 Å². The van der Waals surface area contributed by atoms with Gasteiger partial charge in [-0.3, -0.25) is 14.4 Å². The predicted molar refractivity (Wildman–Crippen MR) is 307 cm³/mol. The summed E-state index contributed by atoms with van der Waals surface area (Å²) < 4.78 is 16.8. The Balaban J connectivity index is 4.31. The molecule has 0 radical (unpaired) electrons. The summed E-state index contributed by atoms with van der Waals surface area (Å²) in [6, 6.07) is 0. The molecule has 1 unspecified atom stereocenters. The van der Waals surface area contributed by atoms with Gasteiger partial charge in [-0.25, -0.2) is 0 Å². The van der Waals surface area contributed by atoms with E-state index in [1.165, 1.54) is 161 Å². The molecule has 0 aromatic rings. The van der Waals surface area contributed by atoms with E-state index in [1.807, 2.05) is 0 Å². The summed E-state index contributed by atoms with van der Waals surface area (Å²) in [4.78, 5) is 38.2. The van der Waals surface area contributed by atoms with Crippen molar-refractivity contribution in [3.8, 4) is 0 Å². The van der Waals surface area contributed by atoms with Crippen molar-refractivity contribution in [3.05, 3.63) is 72.9 Å². The van der Waals surface area contributed by atoms with E-state index in [0.717, 1.165) is 103 Å². The summed E-state index contributed by atoms with van der Waals surface area (Å²) in [7, 11) is 0. The Hall–Kier alpha value is -3.15. The lowest BCUT2D eigenvalue weighted by Gasteiger charge is -2.18. The number of carbonyl (C=O) groups excluding carboxylic acids is 3. The Morgan fingerprint density at radius 2 is 0.563 bits per heavy atom. The monoisotopic (exact) mass is 991 g/mol. The van der Waals surface area contributed by atoms with Crippen LogP contribution in [-0.2, 0) is 28.6 Å². The third kappa shape index (κ3) is 57.6. The molecule has 0 aliphatic carbocycles. The Labute approximate surface area is 440 Å². The van der Waals surface area contributed by atoms with Crippen molar-refractivity contribution in [2.75, 3.05) is 13.2 Å². The van der Waals surface area contributed by atoms with Crippen LogP contribution in [0.25, 0.3) is 0 Å². The average Bonchev–Trinajstić information content (AvgIpc) is 3.37. The van der Waals surface area contributed by atoms with E-state index < -0.39 is 6.10 Å². The molecule has 0 fully saturated rings. The van der Waals surface area contributed by atoms with Crippen molar-refractivity contribution in [2.24, 2.45) is 0 Å². The van der Waals surface area contributed by atoms with Gasteiger partial charge in [-0.15, -0.1) is 0 Å². The molecule has 0 rings (SSSR count). The van der Waals surface area contributed by atoms with Crippen molar-refractivity contribution in [1.29, 1.82) is 0 Å². The van der Waals surface area contributed by atoms with Crippen molar-refractivity contribution in [3.63, 3.8) is 0 Å². The van der Waals surface area contributed by atoms with Gasteiger partial charge >= 0.3 is 17.9 Å². The number of hydrogen-bond acceptors (Lipinski definition) is 6. The molecule has 0 saturated heterocycles. The quantitative estimate of drug-likeness (QED) is 0.0261. The minimum Gasteiger partial charge on any atom is -0.462 e. The second-order valence-electron chi connectivity index (χ2n) is 20.2. The molecular weight excluding hydrogens is 877 g/mol. The number of carbonyl (C=O) groups is 3. The highest BCUT2D eigenvalue weighted by atomic mass is 16.6. The normalized spacial score (nSPS) is 12.5. The Morgan fingerprint density at radius 1 is 0.296 bits per heavy atom. The van der Waals surface area contributed by atoms with Crippen LogP contribution < -0.4 is 0 Å².